The first-order valence-corrected chi connectivity index (χ1v) is 9.78. The Labute approximate surface area is 141 Å². The Morgan fingerprint density at radius 2 is 1.83 bits per heavy atom. The van der Waals surface area contributed by atoms with Crippen molar-refractivity contribution in [3.63, 3.8) is 0 Å². The lowest BCUT2D eigenvalue weighted by atomic mass is 10.2. The van der Waals surface area contributed by atoms with E-state index >= 15 is 0 Å². The van der Waals surface area contributed by atoms with E-state index in [1.165, 1.54) is 0 Å². The Hall–Kier alpha value is -1.93. The smallest absolute Gasteiger partial charge is 0.266 e. The van der Waals surface area contributed by atoms with E-state index < -0.39 is 10.0 Å². The molecule has 0 unspecified atom stereocenters. The lowest BCUT2D eigenvalue weighted by Crippen LogP contribution is -2.38. The second-order valence-electron chi connectivity index (χ2n) is 6.27. The highest BCUT2D eigenvalue weighted by Gasteiger charge is 2.39. The summed E-state index contributed by atoms with van der Waals surface area (Å²) < 4.78 is 32.3. The molecule has 3 heterocycles. The Kier molecular flexibility index (Phi) is 4.01. The van der Waals surface area contributed by atoms with Gasteiger partial charge in [0.05, 0.1) is 5.25 Å². The summed E-state index contributed by atoms with van der Waals surface area (Å²) in [6.45, 7) is 2.36. The van der Waals surface area contributed by atoms with Gasteiger partial charge < -0.3 is 9.42 Å². The van der Waals surface area contributed by atoms with Crippen molar-refractivity contribution in [3.8, 4) is 11.5 Å². The van der Waals surface area contributed by atoms with Crippen molar-refractivity contribution in [3.05, 3.63) is 30.3 Å². The minimum absolute atomic E-state index is 0.380. The summed E-state index contributed by atoms with van der Waals surface area (Å²) in [6, 6.07) is 9.56. The fraction of sp³-hybridized carbons (Fsp3) is 0.500. The molecule has 0 saturated carbocycles. The van der Waals surface area contributed by atoms with Crippen LogP contribution in [0.1, 0.15) is 19.3 Å². The molecule has 1 aromatic heterocycles. The van der Waals surface area contributed by atoms with Crippen LogP contribution in [-0.2, 0) is 10.0 Å². The summed E-state index contributed by atoms with van der Waals surface area (Å²) in [5.41, 5.74) is 0.858. The third-order valence-corrected chi connectivity index (χ3v) is 7.02. The van der Waals surface area contributed by atoms with E-state index in [1.807, 2.05) is 35.2 Å². The van der Waals surface area contributed by atoms with Gasteiger partial charge >= 0.3 is 0 Å². The average Bonchev–Trinajstić information content (AvgIpc) is 3.35. The monoisotopic (exact) mass is 348 g/mol. The molecule has 0 aliphatic carbocycles. The lowest BCUT2D eigenvalue weighted by molar-refractivity contribution is 0.430. The van der Waals surface area contributed by atoms with Crippen molar-refractivity contribution in [2.75, 3.05) is 31.1 Å². The molecule has 7 nitrogen and oxygen atoms in total. The van der Waals surface area contributed by atoms with Crippen LogP contribution in [0.2, 0.25) is 0 Å². The normalized spacial score (nSPS) is 22.3. The van der Waals surface area contributed by atoms with E-state index in [1.54, 1.807) is 4.31 Å². The summed E-state index contributed by atoms with van der Waals surface area (Å²) in [4.78, 5) is 6.31. The van der Waals surface area contributed by atoms with Gasteiger partial charge in [0, 0.05) is 31.7 Å². The Bertz CT molecular complexity index is 800. The standard InChI is InChI=1S/C16H20N4O3S/c21-24(22,20-9-4-5-10-20)14-8-11-19(12-14)16-17-15(23-18-16)13-6-2-1-3-7-13/h1-3,6-7,14H,4-5,8-12H2/t14-/m0/s1. The molecule has 2 saturated heterocycles. The molecule has 4 rings (SSSR count). The van der Waals surface area contributed by atoms with E-state index in [-0.39, 0.29) is 5.25 Å². The van der Waals surface area contributed by atoms with Crippen LogP contribution in [0, 0.1) is 0 Å². The molecule has 0 N–H and O–H groups in total. The number of hydrogen-bond acceptors (Lipinski definition) is 6. The molecule has 2 aliphatic rings. The van der Waals surface area contributed by atoms with E-state index in [2.05, 4.69) is 10.1 Å². The van der Waals surface area contributed by atoms with Crippen molar-refractivity contribution >= 4 is 16.0 Å². The average molecular weight is 348 g/mol. The van der Waals surface area contributed by atoms with Gasteiger partial charge in [-0.2, -0.15) is 4.98 Å². The number of nitrogens with zero attached hydrogens (tertiary/aromatic N) is 4. The quantitative estimate of drug-likeness (QED) is 0.837. The number of anilines is 1. The van der Waals surface area contributed by atoms with Crippen LogP contribution in [-0.4, -0.2) is 54.3 Å². The predicted molar refractivity (Wildman–Crippen MR) is 90.1 cm³/mol. The van der Waals surface area contributed by atoms with Gasteiger partial charge in [-0.1, -0.05) is 18.2 Å². The molecule has 1 aromatic carbocycles. The highest BCUT2D eigenvalue weighted by molar-refractivity contribution is 7.89. The first kappa shape index (κ1) is 15.6. The highest BCUT2D eigenvalue weighted by atomic mass is 32.2. The van der Waals surface area contributed by atoms with Gasteiger partial charge in [-0.05, 0) is 36.6 Å². The Balaban J connectivity index is 1.48. The minimum Gasteiger partial charge on any atom is -0.337 e. The number of hydrogen-bond donors (Lipinski definition) is 0. The molecule has 8 heteroatoms. The van der Waals surface area contributed by atoms with E-state index in [0.717, 1.165) is 18.4 Å². The number of aromatic nitrogens is 2. The van der Waals surface area contributed by atoms with Crippen LogP contribution in [0.4, 0.5) is 5.95 Å². The Morgan fingerprint density at radius 1 is 1.08 bits per heavy atom. The van der Waals surface area contributed by atoms with Crippen molar-refractivity contribution < 1.29 is 12.9 Å². The lowest BCUT2D eigenvalue weighted by Gasteiger charge is -2.20. The zero-order valence-corrected chi connectivity index (χ0v) is 14.2. The molecule has 2 aromatic rings. The third-order valence-electron chi connectivity index (χ3n) is 4.71. The second-order valence-corrected chi connectivity index (χ2v) is 8.49. The molecule has 0 spiro atoms. The zero-order chi connectivity index (χ0) is 16.6. The van der Waals surface area contributed by atoms with Gasteiger partial charge in [0.2, 0.25) is 10.0 Å². The van der Waals surface area contributed by atoms with Crippen LogP contribution < -0.4 is 4.90 Å². The van der Waals surface area contributed by atoms with E-state index in [9.17, 15) is 8.42 Å². The topological polar surface area (TPSA) is 79.5 Å². The maximum Gasteiger partial charge on any atom is 0.266 e. The minimum atomic E-state index is -3.22. The van der Waals surface area contributed by atoms with Crippen molar-refractivity contribution in [1.82, 2.24) is 14.4 Å². The maximum absolute atomic E-state index is 12.7. The van der Waals surface area contributed by atoms with Crippen LogP contribution >= 0.6 is 0 Å². The molecule has 2 fully saturated rings. The van der Waals surface area contributed by atoms with Gasteiger partial charge in [-0.15, -0.1) is 0 Å². The SMILES string of the molecule is O=S(=O)([C@H]1CCN(c2noc(-c3ccccc3)n2)C1)N1CCCC1. The van der Waals surface area contributed by atoms with Gasteiger partial charge in [-0.3, -0.25) is 0 Å². The summed E-state index contributed by atoms with van der Waals surface area (Å²) in [5, 5.41) is 3.64. The highest BCUT2D eigenvalue weighted by Crippen LogP contribution is 2.27. The van der Waals surface area contributed by atoms with Crippen LogP contribution in [0.15, 0.2) is 34.9 Å². The van der Waals surface area contributed by atoms with Gasteiger partial charge in [0.15, 0.2) is 0 Å². The maximum atomic E-state index is 12.7. The van der Waals surface area contributed by atoms with Crippen molar-refractivity contribution in [1.29, 1.82) is 0 Å². The Morgan fingerprint density at radius 3 is 2.58 bits per heavy atom. The molecular formula is C16H20N4O3S. The van der Waals surface area contributed by atoms with Crippen LogP contribution in [0.25, 0.3) is 11.5 Å². The fourth-order valence-electron chi connectivity index (χ4n) is 3.35. The molecular weight excluding hydrogens is 328 g/mol. The second kappa shape index (κ2) is 6.18. The van der Waals surface area contributed by atoms with Gasteiger partial charge in [0.1, 0.15) is 0 Å². The molecule has 0 bridgehead atoms. The summed E-state index contributed by atoms with van der Waals surface area (Å²) >= 11 is 0. The summed E-state index contributed by atoms with van der Waals surface area (Å²) in [7, 11) is -3.22. The molecule has 2 aliphatic heterocycles. The fourth-order valence-corrected chi connectivity index (χ4v) is 5.31. The first-order chi connectivity index (χ1) is 11.6. The number of rotatable bonds is 4. The number of sulfonamides is 1. The van der Waals surface area contributed by atoms with Crippen LogP contribution in [0.3, 0.4) is 0 Å². The van der Waals surface area contributed by atoms with E-state index in [4.69, 9.17) is 4.52 Å². The van der Waals surface area contributed by atoms with Crippen LogP contribution in [0.5, 0.6) is 0 Å². The molecule has 1 atom stereocenters. The predicted octanol–water partition coefficient (Wildman–Crippen LogP) is 1.74. The number of benzene rings is 1. The first-order valence-electron chi connectivity index (χ1n) is 8.27. The van der Waals surface area contributed by atoms with Gasteiger partial charge in [0.25, 0.3) is 11.8 Å². The largest absolute Gasteiger partial charge is 0.337 e. The molecule has 128 valence electrons. The van der Waals surface area contributed by atoms with Crippen molar-refractivity contribution in [2.45, 2.75) is 24.5 Å². The van der Waals surface area contributed by atoms with E-state index in [0.29, 0.717) is 44.4 Å². The summed E-state index contributed by atoms with van der Waals surface area (Å²) in [5.74, 6) is 0.921. The molecule has 0 radical (unpaired) electrons. The van der Waals surface area contributed by atoms with Gasteiger partial charge in [-0.25, -0.2) is 12.7 Å². The van der Waals surface area contributed by atoms with Crippen molar-refractivity contribution in [2.24, 2.45) is 0 Å². The molecule has 0 amide bonds. The molecule has 24 heavy (non-hydrogen) atoms. The third kappa shape index (κ3) is 2.80. The summed E-state index contributed by atoms with van der Waals surface area (Å²) in [6.07, 6.45) is 2.52. The zero-order valence-electron chi connectivity index (χ0n) is 13.3.